The average molecular weight is 522 g/mol. The highest BCUT2D eigenvalue weighted by Crippen LogP contribution is 2.64. The van der Waals surface area contributed by atoms with E-state index in [2.05, 4.69) is 101 Å². The Balaban J connectivity index is 1.30. The molecular formula is C31H43NO2SSi. The summed E-state index contributed by atoms with van der Waals surface area (Å²) in [7, 11) is -2.53. The van der Waals surface area contributed by atoms with Crippen LogP contribution in [0.15, 0.2) is 60.7 Å². The number of ketones is 1. The summed E-state index contributed by atoms with van der Waals surface area (Å²) in [4.78, 5) is 12.9. The lowest BCUT2D eigenvalue weighted by Crippen LogP contribution is -2.67. The van der Waals surface area contributed by atoms with Gasteiger partial charge in [0.2, 0.25) is 0 Å². The Bertz CT molecular complexity index is 1030. The highest BCUT2D eigenvalue weighted by atomic mass is 32.2. The van der Waals surface area contributed by atoms with Crippen molar-refractivity contribution < 1.29 is 9.22 Å². The molecule has 36 heavy (non-hydrogen) atoms. The first-order chi connectivity index (χ1) is 17.1. The molecule has 1 heterocycles. The minimum atomic E-state index is -2.53. The number of thioether (sulfide) groups is 1. The van der Waals surface area contributed by atoms with Crippen LogP contribution in [0.5, 0.6) is 0 Å². The van der Waals surface area contributed by atoms with Crippen molar-refractivity contribution in [3.8, 4) is 0 Å². The molecule has 1 saturated heterocycles. The summed E-state index contributed by atoms with van der Waals surface area (Å²) in [5.41, 5.74) is 0.0703. The lowest BCUT2D eigenvalue weighted by molar-refractivity contribution is -0.127. The van der Waals surface area contributed by atoms with Crippen LogP contribution in [0, 0.1) is 16.7 Å². The van der Waals surface area contributed by atoms with Gasteiger partial charge < -0.3 is 9.74 Å². The second-order valence-electron chi connectivity index (χ2n) is 12.9. The van der Waals surface area contributed by atoms with Crippen LogP contribution < -0.4 is 15.7 Å². The van der Waals surface area contributed by atoms with E-state index in [1.807, 2.05) is 11.8 Å². The van der Waals surface area contributed by atoms with Gasteiger partial charge in [-0.1, -0.05) is 95.3 Å². The standard InChI is InChI=1S/C31H43NO2SSi/c1-29(2,3)36(26-12-8-6-9-13-26,27-14-10-7-11-15-27)34-25-19-24(32-20-25)21-35-22-31-17-16-23(18-28(31)33)30(31,4)5/h6-15,23-25,32H,16-22H2,1-5H3/t23-,24+,25-,31-/m1/s1. The van der Waals surface area contributed by atoms with E-state index in [1.165, 1.54) is 16.8 Å². The number of fused-ring (bicyclic) bond motifs is 2. The molecule has 5 heteroatoms. The van der Waals surface area contributed by atoms with E-state index in [9.17, 15) is 4.79 Å². The van der Waals surface area contributed by atoms with E-state index < -0.39 is 8.32 Å². The number of Topliss-reactive ketones (excluding diaryl/α,β-unsaturated/α-hetero) is 1. The Labute approximate surface area is 223 Å². The van der Waals surface area contributed by atoms with Crippen molar-refractivity contribution in [3.05, 3.63) is 60.7 Å². The van der Waals surface area contributed by atoms with Crippen molar-refractivity contribution >= 4 is 36.2 Å². The van der Waals surface area contributed by atoms with Crippen molar-refractivity contribution in [2.45, 2.75) is 77.5 Å². The molecule has 3 nitrogen and oxygen atoms in total. The molecule has 1 aliphatic heterocycles. The summed E-state index contributed by atoms with van der Waals surface area (Å²) >= 11 is 1.99. The van der Waals surface area contributed by atoms with E-state index >= 15 is 0 Å². The minimum Gasteiger partial charge on any atom is -0.403 e. The van der Waals surface area contributed by atoms with Gasteiger partial charge in [0.05, 0.1) is 6.10 Å². The second kappa shape index (κ2) is 9.72. The fourth-order valence-corrected chi connectivity index (χ4v) is 13.8. The molecule has 5 rings (SSSR count). The number of hydrogen-bond acceptors (Lipinski definition) is 4. The van der Waals surface area contributed by atoms with Crippen LogP contribution in [-0.4, -0.2) is 44.3 Å². The molecular weight excluding hydrogens is 478 g/mol. The summed E-state index contributed by atoms with van der Waals surface area (Å²) in [5, 5.41) is 6.46. The maximum atomic E-state index is 12.9. The summed E-state index contributed by atoms with van der Waals surface area (Å²) in [6.07, 6.45) is 4.36. The van der Waals surface area contributed by atoms with Crippen LogP contribution in [0.4, 0.5) is 0 Å². The topological polar surface area (TPSA) is 38.3 Å². The Kier molecular flexibility index (Phi) is 7.08. The van der Waals surface area contributed by atoms with Crippen LogP contribution in [0.1, 0.15) is 60.3 Å². The number of benzene rings is 2. The number of carbonyl (C=O) groups excluding carboxylic acids is 1. The van der Waals surface area contributed by atoms with Crippen molar-refractivity contribution in [1.82, 2.24) is 5.32 Å². The van der Waals surface area contributed by atoms with E-state index in [0.717, 1.165) is 37.3 Å². The van der Waals surface area contributed by atoms with Gasteiger partial charge in [0.1, 0.15) is 5.78 Å². The summed E-state index contributed by atoms with van der Waals surface area (Å²) in [6.45, 7) is 12.6. The first-order valence-corrected chi connectivity index (χ1v) is 16.8. The van der Waals surface area contributed by atoms with Gasteiger partial charge in [0.25, 0.3) is 8.32 Å². The predicted molar refractivity (Wildman–Crippen MR) is 155 cm³/mol. The zero-order valence-corrected chi connectivity index (χ0v) is 24.5. The van der Waals surface area contributed by atoms with E-state index in [4.69, 9.17) is 4.43 Å². The molecule has 2 aromatic carbocycles. The normalized spacial score (nSPS) is 29.7. The van der Waals surface area contributed by atoms with Crippen LogP contribution in [0.25, 0.3) is 0 Å². The Morgan fingerprint density at radius 1 is 1.03 bits per heavy atom. The molecule has 0 spiro atoms. The van der Waals surface area contributed by atoms with Crippen molar-refractivity contribution in [3.63, 3.8) is 0 Å². The van der Waals surface area contributed by atoms with Crippen LogP contribution in [-0.2, 0) is 9.22 Å². The van der Waals surface area contributed by atoms with Gasteiger partial charge in [-0.2, -0.15) is 11.8 Å². The predicted octanol–water partition coefficient (Wildman–Crippen LogP) is 5.42. The van der Waals surface area contributed by atoms with Crippen molar-refractivity contribution in [2.75, 3.05) is 18.1 Å². The maximum Gasteiger partial charge on any atom is 0.261 e. The number of nitrogens with one attached hydrogen (secondary N) is 1. The zero-order chi connectivity index (χ0) is 25.6. The average Bonchev–Trinajstić information content (AvgIpc) is 3.45. The van der Waals surface area contributed by atoms with E-state index in [1.54, 1.807) is 0 Å². The van der Waals surface area contributed by atoms with Crippen molar-refractivity contribution in [1.29, 1.82) is 0 Å². The van der Waals surface area contributed by atoms with Crippen LogP contribution in [0.3, 0.4) is 0 Å². The second-order valence-corrected chi connectivity index (χ2v) is 18.2. The number of rotatable bonds is 8. The van der Waals surface area contributed by atoms with Gasteiger partial charge in [0.15, 0.2) is 0 Å². The largest absolute Gasteiger partial charge is 0.403 e. The lowest BCUT2D eigenvalue weighted by atomic mass is 9.70. The number of hydrogen-bond donors (Lipinski definition) is 1. The van der Waals surface area contributed by atoms with Gasteiger partial charge in [-0.05, 0) is 46.0 Å². The van der Waals surface area contributed by atoms with Gasteiger partial charge >= 0.3 is 0 Å². The molecule has 0 radical (unpaired) electrons. The third kappa shape index (κ3) is 4.24. The Morgan fingerprint density at radius 3 is 2.14 bits per heavy atom. The first kappa shape index (κ1) is 26.2. The molecule has 2 bridgehead atoms. The molecule has 0 amide bonds. The van der Waals surface area contributed by atoms with Crippen LogP contribution in [0.2, 0.25) is 5.04 Å². The summed E-state index contributed by atoms with van der Waals surface area (Å²) in [5.74, 6) is 3.16. The third-order valence-electron chi connectivity index (χ3n) is 9.75. The van der Waals surface area contributed by atoms with E-state index in [-0.39, 0.29) is 22.0 Å². The van der Waals surface area contributed by atoms with E-state index in [0.29, 0.717) is 17.7 Å². The van der Waals surface area contributed by atoms with Gasteiger partial charge in [-0.3, -0.25) is 4.79 Å². The van der Waals surface area contributed by atoms with Crippen LogP contribution >= 0.6 is 11.8 Å². The highest BCUT2D eigenvalue weighted by molar-refractivity contribution is 7.99. The molecule has 4 atom stereocenters. The quantitative estimate of drug-likeness (QED) is 0.471. The Hall–Kier alpha value is -1.40. The van der Waals surface area contributed by atoms with Crippen molar-refractivity contribution in [2.24, 2.45) is 16.7 Å². The zero-order valence-electron chi connectivity index (χ0n) is 22.7. The summed E-state index contributed by atoms with van der Waals surface area (Å²) in [6, 6.07) is 22.3. The monoisotopic (exact) mass is 521 g/mol. The minimum absolute atomic E-state index is 0.00483. The molecule has 2 aromatic rings. The van der Waals surface area contributed by atoms with Gasteiger partial charge in [0, 0.05) is 35.9 Å². The lowest BCUT2D eigenvalue weighted by Gasteiger charge is -2.44. The van der Waals surface area contributed by atoms with Gasteiger partial charge in [-0.25, -0.2) is 0 Å². The van der Waals surface area contributed by atoms with Gasteiger partial charge in [-0.15, -0.1) is 0 Å². The first-order valence-electron chi connectivity index (χ1n) is 13.7. The molecule has 0 unspecified atom stereocenters. The molecule has 194 valence electrons. The fraction of sp³-hybridized carbons (Fsp3) is 0.581. The summed E-state index contributed by atoms with van der Waals surface area (Å²) < 4.78 is 7.36. The molecule has 1 N–H and O–H groups in total. The Morgan fingerprint density at radius 2 is 1.64 bits per heavy atom. The molecule has 3 fully saturated rings. The molecule has 0 aromatic heterocycles. The maximum absolute atomic E-state index is 12.9. The molecule has 2 saturated carbocycles. The fourth-order valence-electron chi connectivity index (χ4n) is 7.42. The highest BCUT2D eigenvalue weighted by Gasteiger charge is 2.63. The SMILES string of the molecule is CC1(C)[C@@H]2CC[C@@]1(CSC[C@@H]1C[C@@H](O[Si](c3ccccc3)(c3ccccc3)C(C)(C)C)CN1)C(=O)C2. The molecule has 2 aliphatic carbocycles. The third-order valence-corrected chi connectivity index (χ3v) is 16.2. The smallest absolute Gasteiger partial charge is 0.261 e. The number of carbonyl (C=O) groups is 1. The molecule has 3 aliphatic rings.